The summed E-state index contributed by atoms with van der Waals surface area (Å²) in [5, 5.41) is 10.2. The maximum Gasteiger partial charge on any atom is 0.0759 e. The Morgan fingerprint density at radius 3 is 2.56 bits per heavy atom. The summed E-state index contributed by atoms with van der Waals surface area (Å²) in [6, 6.07) is 0. The minimum absolute atomic E-state index is 0.247. The molecule has 0 heterocycles. The van der Waals surface area contributed by atoms with Gasteiger partial charge < -0.3 is 5.11 Å². The number of aliphatic hydroxyl groups excluding tert-OH is 1. The van der Waals surface area contributed by atoms with Crippen molar-refractivity contribution in [3.8, 4) is 0 Å². The van der Waals surface area contributed by atoms with E-state index in [1.807, 2.05) is 0 Å². The van der Waals surface area contributed by atoms with Crippen LogP contribution in [0.4, 0.5) is 0 Å². The van der Waals surface area contributed by atoms with E-state index in [9.17, 15) is 5.11 Å². The molecule has 0 fully saturated rings. The van der Waals surface area contributed by atoms with Gasteiger partial charge in [-0.2, -0.15) is 0 Å². The molecule has 1 heteroatoms. The molecule has 1 nitrogen and oxygen atoms in total. The predicted octanol–water partition coefficient (Wildman–Crippen LogP) is 3.55. The average molecular weight is 220 g/mol. The quantitative estimate of drug-likeness (QED) is 0.670. The Bertz CT molecular complexity index is 324. The fraction of sp³-hybridized carbons (Fsp3) is 0.733. The largest absolute Gasteiger partial charge is 0.389 e. The zero-order chi connectivity index (χ0) is 11.9. The molecule has 1 N–H and O–H groups in total. The lowest BCUT2D eigenvalue weighted by Gasteiger charge is -2.43. The number of allylic oxidation sites excluding steroid dienone is 3. The van der Waals surface area contributed by atoms with Gasteiger partial charge in [0.05, 0.1) is 6.10 Å². The third kappa shape index (κ3) is 1.98. The van der Waals surface area contributed by atoms with Crippen molar-refractivity contribution in [2.75, 3.05) is 0 Å². The van der Waals surface area contributed by atoms with Gasteiger partial charge in [0.1, 0.15) is 0 Å². The number of rotatable bonds is 1. The van der Waals surface area contributed by atoms with Gasteiger partial charge in [-0.05, 0) is 50.4 Å². The lowest BCUT2D eigenvalue weighted by Crippen LogP contribution is -2.40. The summed E-state index contributed by atoms with van der Waals surface area (Å²) in [5.41, 5.74) is 2.91. The topological polar surface area (TPSA) is 20.2 Å². The highest BCUT2D eigenvalue weighted by molar-refractivity contribution is 5.23. The molecule has 2 aliphatic carbocycles. The van der Waals surface area contributed by atoms with Crippen molar-refractivity contribution in [3.63, 3.8) is 0 Å². The second-order valence-electron chi connectivity index (χ2n) is 5.96. The van der Waals surface area contributed by atoms with Crippen molar-refractivity contribution in [1.82, 2.24) is 0 Å². The molecule has 0 saturated carbocycles. The second-order valence-corrected chi connectivity index (χ2v) is 5.96. The summed E-state index contributed by atoms with van der Waals surface area (Å²) < 4.78 is 0. The van der Waals surface area contributed by atoms with Crippen molar-refractivity contribution >= 4 is 0 Å². The minimum atomic E-state index is -0.247. The van der Waals surface area contributed by atoms with Gasteiger partial charge >= 0.3 is 0 Å². The Kier molecular flexibility index (Phi) is 3.25. The predicted molar refractivity (Wildman–Crippen MR) is 68.1 cm³/mol. The van der Waals surface area contributed by atoms with E-state index >= 15 is 0 Å². The summed E-state index contributed by atoms with van der Waals surface area (Å²) in [4.78, 5) is 0. The Morgan fingerprint density at radius 2 is 1.94 bits per heavy atom. The van der Waals surface area contributed by atoms with Crippen LogP contribution in [0.15, 0.2) is 23.3 Å². The highest BCUT2D eigenvalue weighted by atomic mass is 16.3. The summed E-state index contributed by atoms with van der Waals surface area (Å²) in [6.07, 6.45) is 6.78. The van der Waals surface area contributed by atoms with Gasteiger partial charge in [0.2, 0.25) is 0 Å². The number of hydrogen-bond acceptors (Lipinski definition) is 1. The Balaban J connectivity index is 2.36. The number of aliphatic hydroxyl groups is 1. The van der Waals surface area contributed by atoms with Crippen molar-refractivity contribution in [2.24, 2.45) is 23.7 Å². The van der Waals surface area contributed by atoms with Crippen LogP contribution in [0.5, 0.6) is 0 Å². The molecule has 2 aliphatic rings. The van der Waals surface area contributed by atoms with Crippen LogP contribution in [-0.4, -0.2) is 11.2 Å². The van der Waals surface area contributed by atoms with Crippen LogP contribution < -0.4 is 0 Å². The third-order valence-corrected chi connectivity index (χ3v) is 4.42. The molecule has 0 aromatic rings. The molecule has 0 unspecified atom stereocenters. The maximum atomic E-state index is 10.2. The van der Waals surface area contributed by atoms with E-state index in [4.69, 9.17) is 0 Å². The van der Waals surface area contributed by atoms with E-state index in [1.54, 1.807) is 0 Å². The van der Waals surface area contributed by atoms with Crippen LogP contribution in [0.25, 0.3) is 0 Å². The number of fused-ring (bicyclic) bond motifs is 1. The van der Waals surface area contributed by atoms with Crippen molar-refractivity contribution in [2.45, 2.75) is 46.6 Å². The van der Waals surface area contributed by atoms with E-state index in [-0.39, 0.29) is 6.10 Å². The first-order chi connectivity index (χ1) is 7.50. The van der Waals surface area contributed by atoms with Gasteiger partial charge in [-0.25, -0.2) is 0 Å². The smallest absolute Gasteiger partial charge is 0.0759 e. The summed E-state index contributed by atoms with van der Waals surface area (Å²) in [6.45, 7) is 8.88. The molecular formula is C15H24O. The zero-order valence-electron chi connectivity index (χ0n) is 10.9. The molecule has 0 spiro atoms. The fourth-order valence-corrected chi connectivity index (χ4v) is 3.58. The lowest BCUT2D eigenvalue weighted by atomic mass is 9.63. The van der Waals surface area contributed by atoms with Crippen LogP contribution in [0.2, 0.25) is 0 Å². The molecule has 0 bridgehead atoms. The summed E-state index contributed by atoms with van der Waals surface area (Å²) >= 11 is 0. The molecular weight excluding hydrogens is 196 g/mol. The second kappa shape index (κ2) is 4.37. The Hall–Kier alpha value is -0.560. The van der Waals surface area contributed by atoms with Gasteiger partial charge in [0.25, 0.3) is 0 Å². The van der Waals surface area contributed by atoms with E-state index in [1.165, 1.54) is 24.0 Å². The maximum absolute atomic E-state index is 10.2. The van der Waals surface area contributed by atoms with Crippen molar-refractivity contribution in [3.05, 3.63) is 23.3 Å². The number of hydrogen-bond donors (Lipinski definition) is 1. The van der Waals surface area contributed by atoms with Crippen LogP contribution >= 0.6 is 0 Å². The first-order valence-corrected chi connectivity index (χ1v) is 6.54. The molecule has 4 atom stereocenters. The van der Waals surface area contributed by atoms with Gasteiger partial charge in [-0.15, -0.1) is 0 Å². The van der Waals surface area contributed by atoms with Gasteiger partial charge in [0.15, 0.2) is 0 Å². The van der Waals surface area contributed by atoms with Crippen molar-refractivity contribution < 1.29 is 5.11 Å². The monoisotopic (exact) mass is 220 g/mol. The fourth-order valence-electron chi connectivity index (χ4n) is 3.58. The highest BCUT2D eigenvalue weighted by Gasteiger charge is 2.39. The lowest BCUT2D eigenvalue weighted by molar-refractivity contribution is 0.0598. The third-order valence-electron chi connectivity index (χ3n) is 4.42. The normalized spacial score (nSPS) is 39.1. The summed E-state index contributed by atoms with van der Waals surface area (Å²) in [7, 11) is 0. The molecule has 0 aromatic heterocycles. The summed E-state index contributed by atoms with van der Waals surface area (Å²) in [5.74, 6) is 2.20. The highest BCUT2D eigenvalue weighted by Crippen LogP contribution is 2.45. The molecule has 0 radical (unpaired) electrons. The van der Waals surface area contributed by atoms with Gasteiger partial charge in [0, 0.05) is 0 Å². The Labute approximate surface area is 99.3 Å². The SMILES string of the molecule is CC1=C[C@@H]2[C@@H](C(C)C)[C@@H](O)C=C(C)[C@@H]2CC1. The van der Waals surface area contributed by atoms with E-state index in [2.05, 4.69) is 39.8 Å². The minimum Gasteiger partial charge on any atom is -0.389 e. The molecule has 90 valence electrons. The van der Waals surface area contributed by atoms with Gasteiger partial charge in [-0.3, -0.25) is 0 Å². The molecule has 2 rings (SSSR count). The van der Waals surface area contributed by atoms with Crippen molar-refractivity contribution in [1.29, 1.82) is 0 Å². The van der Waals surface area contributed by atoms with E-state index in [0.717, 1.165) is 0 Å². The molecule has 0 aromatic carbocycles. The van der Waals surface area contributed by atoms with Crippen LogP contribution in [0, 0.1) is 23.7 Å². The molecule has 16 heavy (non-hydrogen) atoms. The van der Waals surface area contributed by atoms with Gasteiger partial charge in [-0.1, -0.05) is 37.1 Å². The average Bonchev–Trinajstić information content (AvgIpc) is 2.15. The van der Waals surface area contributed by atoms with E-state index < -0.39 is 0 Å². The van der Waals surface area contributed by atoms with Crippen LogP contribution in [0.1, 0.15) is 40.5 Å². The zero-order valence-corrected chi connectivity index (χ0v) is 10.9. The Morgan fingerprint density at radius 1 is 1.25 bits per heavy atom. The molecule has 0 saturated heterocycles. The first kappa shape index (κ1) is 11.9. The first-order valence-electron chi connectivity index (χ1n) is 6.54. The van der Waals surface area contributed by atoms with E-state index in [0.29, 0.717) is 23.7 Å². The van der Waals surface area contributed by atoms with Crippen LogP contribution in [-0.2, 0) is 0 Å². The molecule has 0 aliphatic heterocycles. The van der Waals surface area contributed by atoms with Crippen LogP contribution in [0.3, 0.4) is 0 Å². The standard InChI is InChI=1S/C15H24O/c1-9(2)15-13-7-10(3)5-6-12(13)11(4)8-14(15)16/h7-9,12-16H,5-6H2,1-4H3/t12-,13-,14-,15+/m0/s1. The molecule has 0 amide bonds.